The van der Waals surface area contributed by atoms with E-state index in [9.17, 15) is 4.79 Å². The predicted octanol–water partition coefficient (Wildman–Crippen LogP) is 2.04. The maximum atomic E-state index is 12.1. The third kappa shape index (κ3) is 4.84. The first-order valence-corrected chi connectivity index (χ1v) is 7.88. The molecule has 2 aromatic heterocycles. The first-order valence-electron chi connectivity index (χ1n) is 7.88. The van der Waals surface area contributed by atoms with Crippen molar-refractivity contribution in [2.24, 2.45) is 11.8 Å². The minimum atomic E-state index is -0.0184. The van der Waals surface area contributed by atoms with E-state index >= 15 is 0 Å². The number of carbonyl (C=O) groups is 1. The number of aliphatic hydroxyl groups excluding tert-OH is 1. The number of fused-ring (bicyclic) bond motifs is 1. The molecule has 0 spiro atoms. The molecule has 2 aromatic rings. The largest absolute Gasteiger partial charge is 0.396 e. The van der Waals surface area contributed by atoms with Crippen molar-refractivity contribution < 1.29 is 9.90 Å². The highest BCUT2D eigenvalue weighted by Gasteiger charge is 2.13. The summed E-state index contributed by atoms with van der Waals surface area (Å²) in [6.07, 6.45) is 5.83. The summed E-state index contributed by atoms with van der Waals surface area (Å²) in [6, 6.07) is 5.78. The SMILES string of the molecule is CC(C)CC(CCO)CNC(=O)Cc1cn2ccccc2n1. The van der Waals surface area contributed by atoms with Gasteiger partial charge in [-0.1, -0.05) is 19.9 Å². The van der Waals surface area contributed by atoms with Crippen molar-refractivity contribution >= 4 is 11.6 Å². The van der Waals surface area contributed by atoms with E-state index in [4.69, 9.17) is 5.11 Å². The van der Waals surface area contributed by atoms with Crippen molar-refractivity contribution in [3.8, 4) is 0 Å². The minimum absolute atomic E-state index is 0.0184. The van der Waals surface area contributed by atoms with Gasteiger partial charge < -0.3 is 14.8 Å². The Hall–Kier alpha value is -1.88. The molecule has 0 radical (unpaired) electrons. The van der Waals surface area contributed by atoms with Crippen molar-refractivity contribution in [1.82, 2.24) is 14.7 Å². The number of rotatable bonds is 8. The van der Waals surface area contributed by atoms with Crippen LogP contribution in [0, 0.1) is 11.8 Å². The van der Waals surface area contributed by atoms with Crippen molar-refractivity contribution in [3.05, 3.63) is 36.3 Å². The molecule has 1 unspecified atom stereocenters. The highest BCUT2D eigenvalue weighted by molar-refractivity contribution is 5.78. The molecular formula is C17H25N3O2. The van der Waals surface area contributed by atoms with E-state index in [1.165, 1.54) is 0 Å². The third-order valence-corrected chi connectivity index (χ3v) is 3.69. The molecule has 22 heavy (non-hydrogen) atoms. The van der Waals surface area contributed by atoms with E-state index in [0.717, 1.165) is 24.2 Å². The first-order chi connectivity index (χ1) is 10.6. The molecule has 2 heterocycles. The topological polar surface area (TPSA) is 66.6 Å². The Balaban J connectivity index is 1.86. The van der Waals surface area contributed by atoms with Crippen LogP contribution in [0.4, 0.5) is 0 Å². The van der Waals surface area contributed by atoms with Crippen LogP contribution in [0.1, 0.15) is 32.4 Å². The molecule has 2 N–H and O–H groups in total. The number of hydrogen-bond acceptors (Lipinski definition) is 3. The smallest absolute Gasteiger partial charge is 0.226 e. The average molecular weight is 303 g/mol. The maximum absolute atomic E-state index is 12.1. The van der Waals surface area contributed by atoms with Crippen molar-refractivity contribution in [3.63, 3.8) is 0 Å². The monoisotopic (exact) mass is 303 g/mol. The predicted molar refractivity (Wildman–Crippen MR) is 86.6 cm³/mol. The Bertz CT molecular complexity index is 574. The second-order valence-electron chi connectivity index (χ2n) is 6.19. The number of nitrogens with one attached hydrogen (secondary N) is 1. The summed E-state index contributed by atoms with van der Waals surface area (Å²) in [6.45, 7) is 5.09. The third-order valence-electron chi connectivity index (χ3n) is 3.69. The minimum Gasteiger partial charge on any atom is -0.396 e. The fourth-order valence-corrected chi connectivity index (χ4v) is 2.71. The second-order valence-corrected chi connectivity index (χ2v) is 6.19. The Morgan fingerprint density at radius 3 is 2.91 bits per heavy atom. The summed E-state index contributed by atoms with van der Waals surface area (Å²) in [5.74, 6) is 0.872. The molecule has 5 nitrogen and oxygen atoms in total. The van der Waals surface area contributed by atoms with E-state index in [1.54, 1.807) is 0 Å². The zero-order valence-corrected chi connectivity index (χ0v) is 13.3. The van der Waals surface area contributed by atoms with Gasteiger partial charge in [0, 0.05) is 25.5 Å². The van der Waals surface area contributed by atoms with Gasteiger partial charge >= 0.3 is 0 Å². The molecule has 0 saturated heterocycles. The molecule has 0 aliphatic rings. The van der Waals surface area contributed by atoms with Gasteiger partial charge in [-0.2, -0.15) is 0 Å². The molecule has 0 saturated carbocycles. The number of aliphatic hydroxyl groups is 1. The van der Waals surface area contributed by atoms with Gasteiger partial charge in [-0.3, -0.25) is 4.79 Å². The maximum Gasteiger partial charge on any atom is 0.226 e. The molecule has 0 aliphatic heterocycles. The lowest BCUT2D eigenvalue weighted by atomic mass is 9.94. The number of pyridine rings is 1. The zero-order valence-electron chi connectivity index (χ0n) is 13.3. The van der Waals surface area contributed by atoms with Crippen molar-refractivity contribution in [1.29, 1.82) is 0 Å². The van der Waals surface area contributed by atoms with Gasteiger partial charge in [-0.25, -0.2) is 4.98 Å². The van der Waals surface area contributed by atoms with Crippen LogP contribution in [-0.2, 0) is 11.2 Å². The molecule has 0 bridgehead atoms. The van der Waals surface area contributed by atoms with E-state index in [0.29, 0.717) is 18.4 Å². The van der Waals surface area contributed by atoms with Crippen LogP contribution in [0.25, 0.3) is 5.65 Å². The van der Waals surface area contributed by atoms with Gasteiger partial charge in [0.2, 0.25) is 5.91 Å². The average Bonchev–Trinajstić information content (AvgIpc) is 2.86. The van der Waals surface area contributed by atoms with E-state index in [2.05, 4.69) is 24.1 Å². The Morgan fingerprint density at radius 1 is 1.41 bits per heavy atom. The fraction of sp³-hybridized carbons (Fsp3) is 0.529. The van der Waals surface area contributed by atoms with Gasteiger partial charge in [0.25, 0.3) is 0 Å². The zero-order chi connectivity index (χ0) is 15.9. The lowest BCUT2D eigenvalue weighted by molar-refractivity contribution is -0.120. The normalized spacial score (nSPS) is 12.7. The van der Waals surface area contributed by atoms with Crippen LogP contribution in [-0.4, -0.2) is 33.6 Å². The van der Waals surface area contributed by atoms with Crippen molar-refractivity contribution in [2.75, 3.05) is 13.2 Å². The summed E-state index contributed by atoms with van der Waals surface area (Å²) in [7, 11) is 0. The lowest BCUT2D eigenvalue weighted by Crippen LogP contribution is -2.31. The van der Waals surface area contributed by atoms with Crippen LogP contribution in [0.5, 0.6) is 0 Å². The Kier molecular flexibility index (Phi) is 5.95. The molecule has 2 rings (SSSR count). The highest BCUT2D eigenvalue weighted by atomic mass is 16.3. The summed E-state index contributed by atoms with van der Waals surface area (Å²) >= 11 is 0. The number of imidazole rings is 1. The van der Waals surface area contributed by atoms with Gasteiger partial charge in [0.1, 0.15) is 5.65 Å². The standard InChI is InChI=1S/C17H25N3O2/c1-13(2)9-14(6-8-21)11-18-17(22)10-15-12-20-7-4-3-5-16(20)19-15/h3-5,7,12-14,21H,6,8-11H2,1-2H3,(H,18,22). The molecule has 5 heteroatoms. The number of aromatic nitrogens is 2. The quantitative estimate of drug-likeness (QED) is 0.784. The molecule has 0 aromatic carbocycles. The Morgan fingerprint density at radius 2 is 2.23 bits per heavy atom. The molecule has 1 amide bonds. The number of hydrogen-bond donors (Lipinski definition) is 2. The molecule has 1 atom stereocenters. The number of amides is 1. The van der Waals surface area contributed by atoms with Crippen LogP contribution in [0.3, 0.4) is 0 Å². The van der Waals surface area contributed by atoms with Crippen LogP contribution < -0.4 is 5.32 Å². The molecule has 120 valence electrons. The van der Waals surface area contributed by atoms with Gasteiger partial charge in [-0.15, -0.1) is 0 Å². The second kappa shape index (κ2) is 7.94. The summed E-state index contributed by atoms with van der Waals surface area (Å²) in [5.41, 5.74) is 1.62. The summed E-state index contributed by atoms with van der Waals surface area (Å²) in [4.78, 5) is 16.5. The molecule has 0 fully saturated rings. The highest BCUT2D eigenvalue weighted by Crippen LogP contribution is 2.14. The molecular weight excluding hydrogens is 278 g/mol. The lowest BCUT2D eigenvalue weighted by Gasteiger charge is -2.18. The van der Waals surface area contributed by atoms with Gasteiger partial charge in [0.15, 0.2) is 0 Å². The Labute approximate surface area is 131 Å². The van der Waals surface area contributed by atoms with Gasteiger partial charge in [0.05, 0.1) is 12.1 Å². The summed E-state index contributed by atoms with van der Waals surface area (Å²) in [5, 5.41) is 12.1. The van der Waals surface area contributed by atoms with E-state index in [-0.39, 0.29) is 18.9 Å². The number of nitrogens with zero attached hydrogens (tertiary/aromatic N) is 2. The van der Waals surface area contributed by atoms with Crippen molar-refractivity contribution in [2.45, 2.75) is 33.1 Å². The van der Waals surface area contributed by atoms with Crippen LogP contribution >= 0.6 is 0 Å². The fourth-order valence-electron chi connectivity index (χ4n) is 2.71. The van der Waals surface area contributed by atoms with E-state index in [1.807, 2.05) is 35.0 Å². The van der Waals surface area contributed by atoms with E-state index < -0.39 is 0 Å². The van der Waals surface area contributed by atoms with Crippen LogP contribution in [0.15, 0.2) is 30.6 Å². The molecule has 0 aliphatic carbocycles. The van der Waals surface area contributed by atoms with Crippen LogP contribution in [0.2, 0.25) is 0 Å². The number of carbonyl (C=O) groups excluding carboxylic acids is 1. The first kappa shape index (κ1) is 16.5. The van der Waals surface area contributed by atoms with Gasteiger partial charge in [-0.05, 0) is 36.8 Å². The summed E-state index contributed by atoms with van der Waals surface area (Å²) < 4.78 is 1.91.